The number of amides is 2. The van der Waals surface area contributed by atoms with Crippen LogP contribution in [0.25, 0.3) is 0 Å². The lowest BCUT2D eigenvalue weighted by Crippen LogP contribution is -2.37. The number of fused-ring (bicyclic) bond motifs is 2. The first-order valence-electron chi connectivity index (χ1n) is 10.4. The van der Waals surface area contributed by atoms with Gasteiger partial charge in [0.2, 0.25) is 10.0 Å². The van der Waals surface area contributed by atoms with Crippen LogP contribution >= 0.6 is 0 Å². The number of aryl methyl sites for hydroxylation is 3. The fraction of sp³-hybridized carbons (Fsp3) is 0.409. The normalized spacial score (nSPS) is 15.2. The van der Waals surface area contributed by atoms with E-state index in [1.807, 2.05) is 4.72 Å². The summed E-state index contributed by atoms with van der Waals surface area (Å²) in [5, 5.41) is 2.74. The lowest BCUT2D eigenvalue weighted by atomic mass is 9.99. The standard InChI is InChI=1S/C22H23F3N2O4S/c23-22(24,25)31-19-10-2-1-5-14(19)11-12-32(29,30)27-21(28)26-20-17-8-3-6-15(17)13-16-7-4-9-18(16)20/h1-2,5,10,13H,3-4,6-9,11-12H2,(H2,26,27,28). The van der Waals surface area contributed by atoms with Crippen LogP contribution in [-0.2, 0) is 42.1 Å². The first-order chi connectivity index (χ1) is 15.1. The number of ether oxygens (including phenoxy) is 1. The number of anilines is 1. The van der Waals surface area contributed by atoms with Crippen molar-refractivity contribution < 1.29 is 31.1 Å². The Labute approximate surface area is 184 Å². The number of alkyl halides is 3. The van der Waals surface area contributed by atoms with Crippen molar-refractivity contribution in [2.75, 3.05) is 11.1 Å². The van der Waals surface area contributed by atoms with Crippen LogP contribution in [0.1, 0.15) is 40.7 Å². The first-order valence-corrected chi connectivity index (χ1v) is 12.1. The Morgan fingerprint density at radius 3 is 2.25 bits per heavy atom. The summed E-state index contributed by atoms with van der Waals surface area (Å²) < 4.78 is 68.5. The number of sulfonamides is 1. The average molecular weight is 468 g/mol. The van der Waals surface area contributed by atoms with E-state index in [-0.39, 0.29) is 12.0 Å². The maximum absolute atomic E-state index is 12.6. The number of nitrogens with one attached hydrogen (secondary N) is 2. The maximum Gasteiger partial charge on any atom is 0.573 e. The summed E-state index contributed by atoms with van der Waals surface area (Å²) in [5.41, 5.74) is 5.32. The smallest absolute Gasteiger partial charge is 0.406 e. The average Bonchev–Trinajstić information content (AvgIpc) is 3.34. The number of carbonyl (C=O) groups is 1. The zero-order valence-corrected chi connectivity index (χ0v) is 18.0. The molecule has 0 unspecified atom stereocenters. The molecular weight excluding hydrogens is 445 g/mol. The predicted molar refractivity (Wildman–Crippen MR) is 113 cm³/mol. The topological polar surface area (TPSA) is 84.5 Å². The van der Waals surface area contributed by atoms with Crippen molar-refractivity contribution in [2.24, 2.45) is 0 Å². The molecule has 0 bridgehead atoms. The van der Waals surface area contributed by atoms with Gasteiger partial charge in [0.1, 0.15) is 5.75 Å². The van der Waals surface area contributed by atoms with Gasteiger partial charge in [-0.2, -0.15) is 0 Å². The van der Waals surface area contributed by atoms with E-state index in [2.05, 4.69) is 16.1 Å². The van der Waals surface area contributed by atoms with E-state index in [4.69, 9.17) is 0 Å². The highest BCUT2D eigenvalue weighted by atomic mass is 32.2. The summed E-state index contributed by atoms with van der Waals surface area (Å²) in [5.74, 6) is -1.03. The summed E-state index contributed by atoms with van der Waals surface area (Å²) in [6.07, 6.45) is 0.405. The third-order valence-electron chi connectivity index (χ3n) is 5.80. The first kappa shape index (κ1) is 22.4. The highest BCUT2D eigenvalue weighted by Gasteiger charge is 2.32. The number of urea groups is 1. The summed E-state index contributed by atoms with van der Waals surface area (Å²) in [6, 6.07) is 6.66. The lowest BCUT2D eigenvalue weighted by Gasteiger charge is -2.17. The predicted octanol–water partition coefficient (Wildman–Crippen LogP) is 4.26. The highest BCUT2D eigenvalue weighted by Crippen LogP contribution is 2.38. The lowest BCUT2D eigenvalue weighted by molar-refractivity contribution is -0.274. The highest BCUT2D eigenvalue weighted by molar-refractivity contribution is 7.90. The molecule has 0 atom stereocenters. The van der Waals surface area contributed by atoms with Gasteiger partial charge in [-0.3, -0.25) is 0 Å². The van der Waals surface area contributed by atoms with Gasteiger partial charge in [0.15, 0.2) is 0 Å². The van der Waals surface area contributed by atoms with Crippen LogP contribution in [0.4, 0.5) is 23.7 Å². The molecule has 2 amide bonds. The third-order valence-corrected chi connectivity index (χ3v) is 7.04. The van der Waals surface area contributed by atoms with Crippen LogP contribution < -0.4 is 14.8 Å². The second-order valence-corrected chi connectivity index (χ2v) is 9.86. The number of hydrogen-bond donors (Lipinski definition) is 2. The van der Waals surface area contributed by atoms with Gasteiger partial charge in [-0.05, 0) is 78.8 Å². The van der Waals surface area contributed by atoms with Gasteiger partial charge in [0.05, 0.1) is 5.75 Å². The molecular formula is C22H23F3N2O4S. The van der Waals surface area contributed by atoms with E-state index in [0.29, 0.717) is 5.69 Å². The zero-order valence-electron chi connectivity index (χ0n) is 17.2. The molecule has 0 aromatic heterocycles. The molecule has 32 heavy (non-hydrogen) atoms. The van der Waals surface area contributed by atoms with E-state index in [1.165, 1.54) is 29.3 Å². The number of carbonyl (C=O) groups excluding carboxylic acids is 1. The maximum atomic E-state index is 12.6. The van der Waals surface area contributed by atoms with Gasteiger partial charge < -0.3 is 10.1 Å². The van der Waals surface area contributed by atoms with Crippen molar-refractivity contribution >= 4 is 21.7 Å². The van der Waals surface area contributed by atoms with Crippen molar-refractivity contribution in [1.29, 1.82) is 0 Å². The van der Waals surface area contributed by atoms with E-state index in [0.717, 1.165) is 55.7 Å². The minimum atomic E-state index is -4.89. The number of halogens is 3. The Morgan fingerprint density at radius 1 is 1.00 bits per heavy atom. The van der Waals surface area contributed by atoms with Gasteiger partial charge in [0, 0.05) is 5.69 Å². The largest absolute Gasteiger partial charge is 0.573 e. The second kappa shape index (κ2) is 8.65. The molecule has 0 saturated heterocycles. The van der Waals surface area contributed by atoms with Gasteiger partial charge >= 0.3 is 12.4 Å². The molecule has 0 heterocycles. The van der Waals surface area contributed by atoms with E-state index in [9.17, 15) is 26.4 Å². The number of hydrogen-bond acceptors (Lipinski definition) is 4. The van der Waals surface area contributed by atoms with Crippen molar-refractivity contribution in [1.82, 2.24) is 4.72 Å². The molecule has 0 saturated carbocycles. The monoisotopic (exact) mass is 468 g/mol. The van der Waals surface area contributed by atoms with Crippen LogP contribution in [-0.4, -0.2) is 26.6 Å². The second-order valence-electron chi connectivity index (χ2n) is 8.01. The van der Waals surface area contributed by atoms with Crippen LogP contribution in [0.3, 0.4) is 0 Å². The summed E-state index contributed by atoms with van der Waals surface area (Å²) in [7, 11) is -4.09. The molecule has 2 aromatic rings. The summed E-state index contributed by atoms with van der Waals surface area (Å²) in [6.45, 7) is 0. The van der Waals surface area contributed by atoms with Crippen LogP contribution in [0.2, 0.25) is 0 Å². The zero-order chi connectivity index (χ0) is 22.9. The van der Waals surface area contributed by atoms with Crippen LogP contribution in [0.5, 0.6) is 5.75 Å². The van der Waals surface area contributed by atoms with E-state index < -0.39 is 33.9 Å². The Balaban J connectivity index is 1.43. The van der Waals surface area contributed by atoms with E-state index >= 15 is 0 Å². The Morgan fingerprint density at radius 2 is 1.62 bits per heavy atom. The van der Waals surface area contributed by atoms with Crippen molar-refractivity contribution in [3.63, 3.8) is 0 Å². The molecule has 10 heteroatoms. The van der Waals surface area contributed by atoms with Crippen molar-refractivity contribution in [3.8, 4) is 5.75 Å². The molecule has 2 aromatic carbocycles. The van der Waals surface area contributed by atoms with Crippen molar-refractivity contribution in [3.05, 3.63) is 58.1 Å². The Kier molecular flexibility index (Phi) is 6.07. The van der Waals surface area contributed by atoms with Gasteiger partial charge in [0.25, 0.3) is 0 Å². The molecule has 0 aliphatic heterocycles. The number of rotatable bonds is 6. The molecule has 2 aliphatic carbocycles. The Bertz CT molecular complexity index is 1110. The van der Waals surface area contributed by atoms with Crippen LogP contribution in [0, 0.1) is 0 Å². The molecule has 6 nitrogen and oxygen atoms in total. The molecule has 0 fully saturated rings. The quantitative estimate of drug-likeness (QED) is 0.664. The van der Waals surface area contributed by atoms with E-state index in [1.54, 1.807) is 0 Å². The fourth-order valence-corrected chi connectivity index (χ4v) is 5.40. The fourth-order valence-electron chi connectivity index (χ4n) is 4.48. The molecule has 2 N–H and O–H groups in total. The summed E-state index contributed by atoms with van der Waals surface area (Å²) in [4.78, 5) is 12.5. The molecule has 0 radical (unpaired) electrons. The molecule has 0 spiro atoms. The minimum absolute atomic E-state index is 0.0781. The van der Waals surface area contributed by atoms with Crippen molar-refractivity contribution in [2.45, 2.75) is 51.3 Å². The Hall–Kier alpha value is -2.75. The molecule has 4 rings (SSSR count). The molecule has 172 valence electrons. The van der Waals surface area contributed by atoms with Gasteiger partial charge in [-0.15, -0.1) is 13.2 Å². The van der Waals surface area contributed by atoms with Gasteiger partial charge in [-0.25, -0.2) is 17.9 Å². The number of benzene rings is 2. The van der Waals surface area contributed by atoms with Gasteiger partial charge in [-0.1, -0.05) is 24.3 Å². The minimum Gasteiger partial charge on any atom is -0.406 e. The van der Waals surface area contributed by atoms with Crippen LogP contribution in [0.15, 0.2) is 30.3 Å². The molecule has 2 aliphatic rings. The number of para-hydroxylation sites is 1. The SMILES string of the molecule is O=C(Nc1c2c(cc3c1CCC3)CCC2)NS(=O)(=O)CCc1ccccc1OC(F)(F)F. The summed E-state index contributed by atoms with van der Waals surface area (Å²) >= 11 is 0. The third kappa shape index (κ3) is 5.17.